The number of nitro benzene ring substituents is 1. The molecule has 0 spiro atoms. The van der Waals surface area contributed by atoms with Crippen molar-refractivity contribution >= 4 is 38.9 Å². The first-order valence-electron chi connectivity index (χ1n) is 10.2. The van der Waals surface area contributed by atoms with Crippen molar-refractivity contribution in [1.82, 2.24) is 9.97 Å². The Balaban J connectivity index is 1.48. The molecule has 2 heterocycles. The molecular formula is C21H20N6O6S. The van der Waals surface area contributed by atoms with Crippen LogP contribution in [0.2, 0.25) is 0 Å². The molecule has 1 amide bonds. The molecule has 1 fully saturated rings. The maximum absolute atomic E-state index is 12.7. The largest absolute Gasteiger partial charge is 0.378 e. The van der Waals surface area contributed by atoms with Gasteiger partial charge in [-0.2, -0.15) is 0 Å². The summed E-state index contributed by atoms with van der Waals surface area (Å²) in [6.07, 6.45) is 2.81. The second-order valence-electron chi connectivity index (χ2n) is 7.22. The van der Waals surface area contributed by atoms with E-state index in [1.54, 1.807) is 12.1 Å². The molecule has 12 nitrogen and oxygen atoms in total. The van der Waals surface area contributed by atoms with Crippen molar-refractivity contribution in [3.63, 3.8) is 0 Å². The predicted molar refractivity (Wildman–Crippen MR) is 123 cm³/mol. The molecule has 1 aromatic heterocycles. The smallest absolute Gasteiger partial charge is 0.293 e. The van der Waals surface area contributed by atoms with Gasteiger partial charge in [0, 0.05) is 42.8 Å². The van der Waals surface area contributed by atoms with E-state index in [9.17, 15) is 23.3 Å². The van der Waals surface area contributed by atoms with Gasteiger partial charge in [-0.25, -0.2) is 23.1 Å². The number of ether oxygens (including phenoxy) is 1. The van der Waals surface area contributed by atoms with E-state index in [1.807, 2.05) is 4.90 Å². The SMILES string of the molecule is O=C(Nc1ccc(S(=O)(=O)Nc2ncccn2)cc1)c1ccc(N2CCOCC2)c([N+](=O)[O-])c1. The highest BCUT2D eigenvalue weighted by molar-refractivity contribution is 7.92. The van der Waals surface area contributed by atoms with E-state index in [-0.39, 0.29) is 22.1 Å². The molecule has 34 heavy (non-hydrogen) atoms. The van der Waals surface area contributed by atoms with Crippen molar-refractivity contribution in [2.45, 2.75) is 4.90 Å². The first-order chi connectivity index (χ1) is 16.3. The molecule has 0 unspecified atom stereocenters. The van der Waals surface area contributed by atoms with Crippen molar-refractivity contribution in [3.8, 4) is 0 Å². The van der Waals surface area contributed by atoms with E-state index in [1.165, 1.54) is 48.8 Å². The van der Waals surface area contributed by atoms with Gasteiger partial charge in [0.1, 0.15) is 5.69 Å². The number of morpholine rings is 1. The number of nitrogens with one attached hydrogen (secondary N) is 2. The van der Waals surface area contributed by atoms with E-state index in [0.29, 0.717) is 37.7 Å². The number of hydrogen-bond acceptors (Lipinski definition) is 9. The third-order valence-electron chi connectivity index (χ3n) is 5.00. The van der Waals surface area contributed by atoms with Crippen molar-refractivity contribution in [3.05, 3.63) is 76.6 Å². The van der Waals surface area contributed by atoms with Crippen LogP contribution in [0.25, 0.3) is 0 Å². The van der Waals surface area contributed by atoms with E-state index in [0.717, 1.165) is 0 Å². The molecular weight excluding hydrogens is 464 g/mol. The fourth-order valence-electron chi connectivity index (χ4n) is 3.33. The molecule has 13 heteroatoms. The molecule has 0 aliphatic carbocycles. The summed E-state index contributed by atoms with van der Waals surface area (Å²) in [4.78, 5) is 33.2. The summed E-state index contributed by atoms with van der Waals surface area (Å²) in [5.74, 6) is -0.634. The fraction of sp³-hybridized carbons (Fsp3) is 0.190. The molecule has 1 aliphatic rings. The van der Waals surface area contributed by atoms with Gasteiger partial charge in [-0.05, 0) is 42.5 Å². The van der Waals surface area contributed by atoms with Gasteiger partial charge in [-0.1, -0.05) is 0 Å². The minimum Gasteiger partial charge on any atom is -0.378 e. The molecule has 0 radical (unpaired) electrons. The van der Waals surface area contributed by atoms with Gasteiger partial charge in [0.05, 0.1) is 23.0 Å². The zero-order chi connectivity index (χ0) is 24.1. The summed E-state index contributed by atoms with van der Waals surface area (Å²) < 4.78 is 32.5. The van der Waals surface area contributed by atoms with Crippen LogP contribution in [-0.4, -0.2) is 55.5 Å². The van der Waals surface area contributed by atoms with Crippen molar-refractivity contribution < 1.29 is 22.9 Å². The van der Waals surface area contributed by atoms with Crippen molar-refractivity contribution in [2.24, 2.45) is 0 Å². The number of sulfonamides is 1. The van der Waals surface area contributed by atoms with E-state index >= 15 is 0 Å². The Labute approximate surface area is 194 Å². The second kappa shape index (κ2) is 9.80. The van der Waals surface area contributed by atoms with Crippen LogP contribution < -0.4 is 14.9 Å². The Bertz CT molecular complexity index is 1300. The van der Waals surface area contributed by atoms with Crippen molar-refractivity contribution in [1.29, 1.82) is 0 Å². The molecule has 1 aliphatic heterocycles. The van der Waals surface area contributed by atoms with Gasteiger partial charge in [-0.15, -0.1) is 0 Å². The Morgan fingerprint density at radius 3 is 2.38 bits per heavy atom. The summed E-state index contributed by atoms with van der Waals surface area (Å²) >= 11 is 0. The van der Waals surface area contributed by atoms with Crippen LogP contribution in [0.4, 0.5) is 23.0 Å². The summed E-state index contributed by atoms with van der Waals surface area (Å²) in [5.41, 5.74) is 0.669. The molecule has 176 valence electrons. The fourth-order valence-corrected chi connectivity index (χ4v) is 4.29. The van der Waals surface area contributed by atoms with Crippen LogP contribution in [0.3, 0.4) is 0 Å². The molecule has 2 aromatic carbocycles. The maximum Gasteiger partial charge on any atom is 0.293 e. The van der Waals surface area contributed by atoms with Crippen LogP contribution >= 0.6 is 0 Å². The number of carbonyl (C=O) groups excluding carboxylic acids is 1. The minimum atomic E-state index is -3.92. The lowest BCUT2D eigenvalue weighted by atomic mass is 10.1. The van der Waals surface area contributed by atoms with Crippen LogP contribution in [0.1, 0.15) is 10.4 Å². The number of rotatable bonds is 7. The summed E-state index contributed by atoms with van der Waals surface area (Å²) in [6, 6.07) is 11.3. The standard InChI is InChI=1S/C21H20N6O6S/c28-20(15-2-7-18(19(14-15)27(29)30)26-10-12-33-13-11-26)24-16-3-5-17(6-4-16)34(31,32)25-21-22-8-1-9-23-21/h1-9,14H,10-13H2,(H,24,28)(H,22,23,25). The number of carbonyl (C=O) groups is 1. The number of nitrogens with zero attached hydrogens (tertiary/aromatic N) is 4. The summed E-state index contributed by atoms with van der Waals surface area (Å²) in [5, 5.41) is 14.2. The summed E-state index contributed by atoms with van der Waals surface area (Å²) in [7, 11) is -3.92. The first kappa shape index (κ1) is 23.1. The number of aromatic nitrogens is 2. The number of nitro groups is 1. The number of anilines is 3. The molecule has 0 atom stereocenters. The third-order valence-corrected chi connectivity index (χ3v) is 6.34. The lowest BCUT2D eigenvalue weighted by Crippen LogP contribution is -2.36. The number of benzene rings is 2. The Morgan fingerprint density at radius 2 is 1.74 bits per heavy atom. The Hall–Kier alpha value is -4.10. The third kappa shape index (κ3) is 5.27. The normalized spacial score (nSPS) is 13.8. The van der Waals surface area contributed by atoms with Crippen LogP contribution in [-0.2, 0) is 14.8 Å². The van der Waals surface area contributed by atoms with Gasteiger partial charge >= 0.3 is 0 Å². The van der Waals surface area contributed by atoms with E-state index in [4.69, 9.17) is 4.74 Å². The Kier molecular flexibility index (Phi) is 6.65. The summed E-state index contributed by atoms with van der Waals surface area (Å²) in [6.45, 7) is 1.98. The van der Waals surface area contributed by atoms with Gasteiger partial charge in [0.25, 0.3) is 21.6 Å². The van der Waals surface area contributed by atoms with Gasteiger partial charge < -0.3 is 15.0 Å². The zero-order valence-electron chi connectivity index (χ0n) is 17.7. The molecule has 3 aromatic rings. The monoisotopic (exact) mass is 484 g/mol. The van der Waals surface area contributed by atoms with E-state index in [2.05, 4.69) is 20.0 Å². The highest BCUT2D eigenvalue weighted by atomic mass is 32.2. The van der Waals surface area contributed by atoms with E-state index < -0.39 is 20.9 Å². The van der Waals surface area contributed by atoms with Crippen LogP contribution in [0, 0.1) is 10.1 Å². The first-order valence-corrected chi connectivity index (χ1v) is 11.6. The van der Waals surface area contributed by atoms with Crippen LogP contribution in [0.5, 0.6) is 0 Å². The number of hydrogen-bond donors (Lipinski definition) is 2. The average molecular weight is 484 g/mol. The molecule has 1 saturated heterocycles. The minimum absolute atomic E-state index is 0.0524. The quantitative estimate of drug-likeness (QED) is 0.379. The number of amides is 1. The predicted octanol–water partition coefficient (Wildman–Crippen LogP) is 2.27. The van der Waals surface area contributed by atoms with Gasteiger partial charge in [-0.3, -0.25) is 14.9 Å². The molecule has 2 N–H and O–H groups in total. The van der Waals surface area contributed by atoms with Crippen molar-refractivity contribution in [2.75, 3.05) is 41.2 Å². The highest BCUT2D eigenvalue weighted by Crippen LogP contribution is 2.30. The Morgan fingerprint density at radius 1 is 1.06 bits per heavy atom. The lowest BCUT2D eigenvalue weighted by Gasteiger charge is -2.28. The van der Waals surface area contributed by atoms with Crippen LogP contribution in [0.15, 0.2) is 65.8 Å². The highest BCUT2D eigenvalue weighted by Gasteiger charge is 2.23. The van der Waals surface area contributed by atoms with Gasteiger partial charge in [0.15, 0.2) is 0 Å². The molecule has 0 saturated carbocycles. The second-order valence-corrected chi connectivity index (χ2v) is 8.90. The average Bonchev–Trinajstić information content (AvgIpc) is 2.85. The zero-order valence-corrected chi connectivity index (χ0v) is 18.6. The lowest BCUT2D eigenvalue weighted by molar-refractivity contribution is -0.384. The van der Waals surface area contributed by atoms with Gasteiger partial charge in [0.2, 0.25) is 5.95 Å². The topological polar surface area (TPSA) is 157 Å². The molecule has 4 rings (SSSR count). The molecule has 0 bridgehead atoms. The maximum atomic E-state index is 12.7.